The number of aromatic amines is 1. The molecule has 134 valence electrons. The molecule has 3 heterocycles. The lowest BCUT2D eigenvalue weighted by Crippen LogP contribution is -2.37. The lowest BCUT2D eigenvalue weighted by molar-refractivity contribution is 0.0507. The SMILES string of the molecule is Cc1[nH]nc2ncc(C(=O)N(Cc3ccccc3)C[C@@H]3CCCO3)cc12. The van der Waals surface area contributed by atoms with Crippen LogP contribution in [-0.4, -0.2) is 45.2 Å². The molecule has 1 atom stereocenters. The van der Waals surface area contributed by atoms with Crippen molar-refractivity contribution in [2.24, 2.45) is 0 Å². The van der Waals surface area contributed by atoms with Crippen molar-refractivity contribution >= 4 is 16.9 Å². The van der Waals surface area contributed by atoms with Crippen LogP contribution in [0, 0.1) is 6.92 Å². The number of pyridine rings is 1. The molecule has 0 radical (unpaired) electrons. The Morgan fingerprint density at radius 1 is 1.35 bits per heavy atom. The molecule has 1 aliphatic rings. The van der Waals surface area contributed by atoms with Crippen molar-refractivity contribution < 1.29 is 9.53 Å². The van der Waals surface area contributed by atoms with Gasteiger partial charge in [-0.2, -0.15) is 5.10 Å². The molecule has 2 aromatic heterocycles. The minimum absolute atomic E-state index is 0.0284. The fraction of sp³-hybridized carbons (Fsp3) is 0.350. The molecule has 6 heteroatoms. The van der Waals surface area contributed by atoms with E-state index in [4.69, 9.17) is 4.74 Å². The summed E-state index contributed by atoms with van der Waals surface area (Å²) in [6.07, 6.45) is 3.77. The predicted molar refractivity (Wildman–Crippen MR) is 98.8 cm³/mol. The van der Waals surface area contributed by atoms with E-state index in [1.54, 1.807) is 6.20 Å². The standard InChI is InChI=1S/C20H22N4O2/c1-14-18-10-16(11-21-19(18)23-22-14)20(25)24(13-17-8-5-9-26-17)12-15-6-3-2-4-7-15/h2-4,6-7,10-11,17H,5,8-9,12-13H2,1H3,(H,21,22,23)/t17-/m0/s1. The van der Waals surface area contributed by atoms with Crippen molar-refractivity contribution in [1.29, 1.82) is 0 Å². The van der Waals surface area contributed by atoms with Crippen molar-refractivity contribution in [3.05, 3.63) is 59.4 Å². The number of hydrogen-bond donors (Lipinski definition) is 1. The fourth-order valence-electron chi connectivity index (χ4n) is 3.38. The van der Waals surface area contributed by atoms with Gasteiger partial charge in [0.25, 0.3) is 5.91 Å². The Hall–Kier alpha value is -2.73. The van der Waals surface area contributed by atoms with Crippen LogP contribution in [-0.2, 0) is 11.3 Å². The maximum Gasteiger partial charge on any atom is 0.255 e. The Bertz CT molecular complexity index is 901. The summed E-state index contributed by atoms with van der Waals surface area (Å²) < 4.78 is 5.76. The van der Waals surface area contributed by atoms with Gasteiger partial charge in [0.2, 0.25) is 0 Å². The average molecular weight is 350 g/mol. The summed E-state index contributed by atoms with van der Waals surface area (Å²) in [5.41, 5.74) is 3.23. The summed E-state index contributed by atoms with van der Waals surface area (Å²) in [6, 6.07) is 11.9. The minimum Gasteiger partial charge on any atom is -0.376 e. The fourth-order valence-corrected chi connectivity index (χ4v) is 3.38. The summed E-state index contributed by atoms with van der Waals surface area (Å²) in [4.78, 5) is 19.4. The lowest BCUT2D eigenvalue weighted by atomic mass is 10.1. The van der Waals surface area contributed by atoms with Crippen molar-refractivity contribution in [2.45, 2.75) is 32.4 Å². The highest BCUT2D eigenvalue weighted by Gasteiger charge is 2.24. The van der Waals surface area contributed by atoms with Crippen molar-refractivity contribution in [2.75, 3.05) is 13.2 Å². The Labute approximate surface area is 152 Å². The second-order valence-corrected chi connectivity index (χ2v) is 6.75. The topological polar surface area (TPSA) is 71.1 Å². The third-order valence-corrected chi connectivity index (χ3v) is 4.80. The van der Waals surface area contributed by atoms with Crippen LogP contribution < -0.4 is 0 Å². The van der Waals surface area contributed by atoms with E-state index in [0.717, 1.165) is 36.1 Å². The second kappa shape index (κ2) is 7.25. The zero-order chi connectivity index (χ0) is 17.9. The van der Waals surface area contributed by atoms with Crippen LogP contribution in [0.1, 0.15) is 34.5 Å². The van der Waals surface area contributed by atoms with Gasteiger partial charge < -0.3 is 9.64 Å². The lowest BCUT2D eigenvalue weighted by Gasteiger charge is -2.25. The monoisotopic (exact) mass is 350 g/mol. The van der Waals surface area contributed by atoms with Crippen LogP contribution in [0.15, 0.2) is 42.6 Å². The molecule has 1 saturated heterocycles. The molecule has 3 aromatic rings. The maximum atomic E-state index is 13.2. The Morgan fingerprint density at radius 3 is 2.96 bits per heavy atom. The quantitative estimate of drug-likeness (QED) is 0.768. The molecule has 1 amide bonds. The normalized spacial score (nSPS) is 16.9. The van der Waals surface area contributed by atoms with E-state index in [9.17, 15) is 4.79 Å². The Balaban J connectivity index is 1.61. The first-order valence-electron chi connectivity index (χ1n) is 8.96. The van der Waals surface area contributed by atoms with Gasteiger partial charge in [-0.3, -0.25) is 9.89 Å². The molecule has 0 unspecified atom stereocenters. The number of aromatic nitrogens is 3. The summed E-state index contributed by atoms with van der Waals surface area (Å²) in [5.74, 6) is -0.0284. The van der Waals surface area contributed by atoms with Crippen LogP contribution >= 0.6 is 0 Å². The van der Waals surface area contributed by atoms with Gasteiger partial charge in [-0.1, -0.05) is 30.3 Å². The van der Waals surface area contributed by atoms with Gasteiger partial charge in [0, 0.05) is 37.0 Å². The third-order valence-electron chi connectivity index (χ3n) is 4.80. The van der Waals surface area contributed by atoms with Crippen LogP contribution in [0.2, 0.25) is 0 Å². The van der Waals surface area contributed by atoms with Crippen LogP contribution in [0.3, 0.4) is 0 Å². The Kier molecular flexibility index (Phi) is 4.67. The van der Waals surface area contributed by atoms with Crippen LogP contribution in [0.25, 0.3) is 11.0 Å². The first-order valence-corrected chi connectivity index (χ1v) is 8.96. The number of carbonyl (C=O) groups is 1. The Morgan fingerprint density at radius 2 is 2.19 bits per heavy atom. The molecule has 0 aliphatic carbocycles. The molecule has 1 aliphatic heterocycles. The summed E-state index contributed by atoms with van der Waals surface area (Å²) in [5, 5.41) is 7.93. The number of benzene rings is 1. The number of nitrogens with one attached hydrogen (secondary N) is 1. The molecule has 0 saturated carbocycles. The van der Waals surface area contributed by atoms with Gasteiger partial charge >= 0.3 is 0 Å². The number of carbonyl (C=O) groups excluding carboxylic acids is 1. The summed E-state index contributed by atoms with van der Waals surface area (Å²) >= 11 is 0. The third kappa shape index (κ3) is 3.46. The number of fused-ring (bicyclic) bond motifs is 1. The van der Waals surface area contributed by atoms with E-state index in [0.29, 0.717) is 24.3 Å². The molecule has 1 fully saturated rings. The van der Waals surface area contributed by atoms with Crippen molar-refractivity contribution in [3.63, 3.8) is 0 Å². The molecule has 0 bridgehead atoms. The van der Waals surface area contributed by atoms with Gasteiger partial charge in [-0.05, 0) is 31.4 Å². The summed E-state index contributed by atoms with van der Waals surface area (Å²) in [6.45, 7) is 3.86. The number of ether oxygens (including phenoxy) is 1. The highest BCUT2D eigenvalue weighted by Crippen LogP contribution is 2.19. The molecular weight excluding hydrogens is 328 g/mol. The number of amides is 1. The van der Waals surface area contributed by atoms with Gasteiger partial charge in [-0.15, -0.1) is 0 Å². The van der Waals surface area contributed by atoms with E-state index in [1.807, 2.05) is 48.2 Å². The van der Waals surface area contributed by atoms with E-state index in [2.05, 4.69) is 15.2 Å². The zero-order valence-electron chi connectivity index (χ0n) is 14.8. The number of nitrogens with zero attached hydrogens (tertiary/aromatic N) is 3. The number of aryl methyl sites for hydroxylation is 1. The molecule has 1 N–H and O–H groups in total. The molecule has 6 nitrogen and oxygen atoms in total. The molecule has 1 aromatic carbocycles. The van der Waals surface area contributed by atoms with Crippen LogP contribution in [0.4, 0.5) is 0 Å². The number of rotatable bonds is 5. The minimum atomic E-state index is -0.0284. The van der Waals surface area contributed by atoms with Gasteiger partial charge in [0.15, 0.2) is 5.65 Å². The molecule has 4 rings (SSSR count). The van der Waals surface area contributed by atoms with Crippen molar-refractivity contribution in [3.8, 4) is 0 Å². The maximum absolute atomic E-state index is 13.2. The summed E-state index contributed by atoms with van der Waals surface area (Å²) in [7, 11) is 0. The molecule has 26 heavy (non-hydrogen) atoms. The van der Waals surface area contributed by atoms with Gasteiger partial charge in [-0.25, -0.2) is 4.98 Å². The number of H-pyrrole nitrogens is 1. The van der Waals surface area contributed by atoms with Crippen LogP contribution in [0.5, 0.6) is 0 Å². The van der Waals surface area contributed by atoms with Gasteiger partial charge in [0.05, 0.1) is 11.7 Å². The average Bonchev–Trinajstić information content (AvgIpc) is 3.31. The van der Waals surface area contributed by atoms with E-state index < -0.39 is 0 Å². The van der Waals surface area contributed by atoms with E-state index >= 15 is 0 Å². The zero-order valence-corrected chi connectivity index (χ0v) is 14.8. The smallest absolute Gasteiger partial charge is 0.255 e. The van der Waals surface area contributed by atoms with E-state index in [-0.39, 0.29) is 12.0 Å². The van der Waals surface area contributed by atoms with Gasteiger partial charge in [0.1, 0.15) is 0 Å². The highest BCUT2D eigenvalue weighted by molar-refractivity contribution is 5.97. The molecular formula is C20H22N4O2. The number of hydrogen-bond acceptors (Lipinski definition) is 4. The first kappa shape index (κ1) is 16.7. The largest absolute Gasteiger partial charge is 0.376 e. The van der Waals surface area contributed by atoms with Crippen molar-refractivity contribution in [1.82, 2.24) is 20.1 Å². The van der Waals surface area contributed by atoms with E-state index in [1.165, 1.54) is 0 Å². The highest BCUT2D eigenvalue weighted by atomic mass is 16.5. The predicted octanol–water partition coefficient (Wildman–Crippen LogP) is 3.09. The first-order chi connectivity index (χ1) is 12.7. The second-order valence-electron chi connectivity index (χ2n) is 6.75. The molecule has 0 spiro atoms.